The fraction of sp³-hybridized carbons (Fsp3) is 0.593. The third-order valence-electron chi connectivity index (χ3n) is 7.71. The van der Waals surface area contributed by atoms with E-state index in [0.717, 1.165) is 36.9 Å². The molecule has 194 valence electrons. The maximum atomic E-state index is 13.0. The highest BCUT2D eigenvalue weighted by atomic mass is 32.2. The molecular formula is C27H37N5O3S. The molecule has 1 amide bonds. The Morgan fingerprint density at radius 2 is 1.97 bits per heavy atom. The topological polar surface area (TPSA) is 115 Å². The second-order valence-corrected chi connectivity index (χ2v) is 13.8. The molecule has 3 aliphatic rings. The average Bonchev–Trinajstić information content (AvgIpc) is 3.30. The Morgan fingerprint density at radius 3 is 2.56 bits per heavy atom. The Kier molecular flexibility index (Phi) is 7.31. The smallest absolute Gasteiger partial charge is 0.290 e. The molecule has 36 heavy (non-hydrogen) atoms. The number of nitriles is 1. The number of nitrogens with zero attached hydrogens (tertiary/aromatic N) is 3. The van der Waals surface area contributed by atoms with E-state index in [2.05, 4.69) is 52.6 Å². The van der Waals surface area contributed by atoms with Gasteiger partial charge >= 0.3 is 0 Å². The van der Waals surface area contributed by atoms with Crippen LogP contribution in [-0.4, -0.2) is 69.8 Å². The first kappa shape index (κ1) is 26.4. The number of aliphatic imine (C=N–C) groups is 1. The third kappa shape index (κ3) is 5.81. The predicted octanol–water partition coefficient (Wildman–Crippen LogP) is 3.12. The van der Waals surface area contributed by atoms with Crippen molar-refractivity contribution >= 4 is 32.8 Å². The van der Waals surface area contributed by atoms with Crippen LogP contribution in [0.4, 0.5) is 5.69 Å². The Bertz CT molecular complexity index is 1230. The molecule has 1 aliphatic carbocycles. The number of hydrogen-bond acceptors (Lipinski definition) is 7. The molecule has 0 spiro atoms. The van der Waals surface area contributed by atoms with E-state index in [0.29, 0.717) is 18.5 Å². The highest BCUT2D eigenvalue weighted by Gasteiger charge is 2.40. The van der Waals surface area contributed by atoms with Crippen molar-refractivity contribution in [1.82, 2.24) is 10.2 Å². The van der Waals surface area contributed by atoms with Gasteiger partial charge in [-0.3, -0.25) is 9.79 Å². The number of benzene rings is 1. The molecule has 1 aromatic carbocycles. The van der Waals surface area contributed by atoms with Crippen molar-refractivity contribution in [2.24, 2.45) is 10.4 Å². The van der Waals surface area contributed by atoms with E-state index < -0.39 is 15.9 Å². The number of likely N-dealkylation sites (N-methyl/N-ethyl adjacent to an activating group) is 1. The van der Waals surface area contributed by atoms with Crippen LogP contribution in [0.25, 0.3) is 5.57 Å². The molecule has 1 saturated heterocycles. The van der Waals surface area contributed by atoms with Gasteiger partial charge < -0.3 is 15.5 Å². The molecule has 0 bridgehead atoms. The predicted molar refractivity (Wildman–Crippen MR) is 144 cm³/mol. The average molecular weight is 512 g/mol. The van der Waals surface area contributed by atoms with Crippen LogP contribution in [0, 0.1) is 16.7 Å². The lowest BCUT2D eigenvalue weighted by Crippen LogP contribution is -2.44. The van der Waals surface area contributed by atoms with Crippen molar-refractivity contribution in [1.29, 1.82) is 5.26 Å². The number of anilines is 1. The van der Waals surface area contributed by atoms with Crippen molar-refractivity contribution in [2.45, 2.75) is 57.4 Å². The molecule has 0 saturated carbocycles. The fourth-order valence-corrected chi connectivity index (χ4v) is 7.08. The standard InChI is InChI=1S/C27H37N5O3S/c1-26(2)9-7-19(8-10-26)22-15-20(27(18-32(3)4)11-13-36(34,35)14-12-27)5-6-23(22)31-25(33)24-29-17-21(16-28)30-24/h5-7,15,21H,8-14,17-18H2,1-4H3,(H,29,30)(H,31,33). The molecular weight excluding hydrogens is 474 g/mol. The van der Waals surface area contributed by atoms with Gasteiger partial charge in [-0.15, -0.1) is 0 Å². The largest absolute Gasteiger partial charge is 0.349 e. The summed E-state index contributed by atoms with van der Waals surface area (Å²) < 4.78 is 24.5. The van der Waals surface area contributed by atoms with Gasteiger partial charge in [0.25, 0.3) is 5.91 Å². The zero-order valence-electron chi connectivity index (χ0n) is 21.7. The molecule has 2 heterocycles. The van der Waals surface area contributed by atoms with Gasteiger partial charge in [-0.2, -0.15) is 5.26 Å². The van der Waals surface area contributed by atoms with E-state index in [-0.39, 0.29) is 40.6 Å². The number of allylic oxidation sites excluding steroid dienone is 2. The normalized spacial score (nSPS) is 24.3. The second-order valence-electron chi connectivity index (χ2n) is 11.5. The number of amides is 1. The van der Waals surface area contributed by atoms with Crippen molar-refractivity contribution < 1.29 is 13.2 Å². The highest BCUT2D eigenvalue weighted by molar-refractivity contribution is 7.91. The minimum absolute atomic E-state index is 0.178. The monoisotopic (exact) mass is 511 g/mol. The van der Waals surface area contributed by atoms with Gasteiger partial charge in [0, 0.05) is 23.2 Å². The lowest BCUT2D eigenvalue weighted by Gasteiger charge is -2.40. The van der Waals surface area contributed by atoms with Gasteiger partial charge in [0.1, 0.15) is 15.9 Å². The first-order valence-corrected chi connectivity index (χ1v) is 14.5. The first-order valence-electron chi connectivity index (χ1n) is 12.6. The summed E-state index contributed by atoms with van der Waals surface area (Å²) in [6.45, 7) is 5.56. The van der Waals surface area contributed by atoms with Crippen LogP contribution in [0.3, 0.4) is 0 Å². The second kappa shape index (κ2) is 9.98. The Hall–Kier alpha value is -2.70. The van der Waals surface area contributed by atoms with Gasteiger partial charge in [-0.05, 0) is 74.9 Å². The number of nitrogens with one attached hydrogen (secondary N) is 2. The summed E-state index contributed by atoms with van der Waals surface area (Å²) in [6.07, 6.45) is 6.36. The van der Waals surface area contributed by atoms with Crippen LogP contribution >= 0.6 is 0 Å². The molecule has 0 radical (unpaired) electrons. The molecule has 0 aromatic heterocycles. The van der Waals surface area contributed by atoms with Gasteiger partial charge in [0.2, 0.25) is 0 Å². The SMILES string of the molecule is CN(C)CC1(c2ccc(NC(=O)C3=NCC(C#N)N3)c(C3=CCC(C)(C)CC3)c2)CCS(=O)(=O)CC1. The summed E-state index contributed by atoms with van der Waals surface area (Å²) in [6, 6.07) is 7.76. The summed E-state index contributed by atoms with van der Waals surface area (Å²) in [5.74, 6) is 0.205. The highest BCUT2D eigenvalue weighted by Crippen LogP contribution is 2.43. The Balaban J connectivity index is 1.72. The summed E-state index contributed by atoms with van der Waals surface area (Å²) in [5.41, 5.74) is 3.99. The van der Waals surface area contributed by atoms with Crippen LogP contribution in [0.2, 0.25) is 0 Å². The van der Waals surface area contributed by atoms with E-state index in [1.165, 1.54) is 5.57 Å². The molecule has 2 N–H and O–H groups in total. The first-order chi connectivity index (χ1) is 16.9. The summed E-state index contributed by atoms with van der Waals surface area (Å²) in [4.78, 5) is 19.3. The minimum Gasteiger partial charge on any atom is -0.349 e. The van der Waals surface area contributed by atoms with E-state index in [9.17, 15) is 13.2 Å². The minimum atomic E-state index is -3.01. The third-order valence-corrected chi connectivity index (χ3v) is 9.37. The number of carbonyl (C=O) groups is 1. The molecule has 1 unspecified atom stereocenters. The van der Waals surface area contributed by atoms with Crippen LogP contribution in [0.1, 0.15) is 57.1 Å². The lowest BCUT2D eigenvalue weighted by atomic mass is 9.73. The summed E-state index contributed by atoms with van der Waals surface area (Å²) in [7, 11) is 1.04. The number of carbonyl (C=O) groups excluding carboxylic acids is 1. The maximum absolute atomic E-state index is 13.0. The molecule has 1 aromatic rings. The number of amidine groups is 1. The van der Waals surface area contributed by atoms with Gasteiger partial charge in [-0.1, -0.05) is 26.0 Å². The summed E-state index contributed by atoms with van der Waals surface area (Å²) >= 11 is 0. The van der Waals surface area contributed by atoms with E-state index in [1.54, 1.807) is 0 Å². The zero-order chi connectivity index (χ0) is 26.1. The molecule has 1 atom stereocenters. The molecule has 4 rings (SSSR count). The van der Waals surface area contributed by atoms with Crippen molar-refractivity contribution in [3.8, 4) is 6.07 Å². The molecule has 8 nitrogen and oxygen atoms in total. The van der Waals surface area contributed by atoms with Crippen LogP contribution < -0.4 is 10.6 Å². The van der Waals surface area contributed by atoms with Gasteiger partial charge in [0.05, 0.1) is 24.1 Å². The Morgan fingerprint density at radius 1 is 1.25 bits per heavy atom. The molecule has 9 heteroatoms. The van der Waals surface area contributed by atoms with E-state index in [1.807, 2.05) is 26.2 Å². The number of rotatable bonds is 6. The maximum Gasteiger partial charge on any atom is 0.290 e. The van der Waals surface area contributed by atoms with Crippen LogP contribution in [0.5, 0.6) is 0 Å². The zero-order valence-corrected chi connectivity index (χ0v) is 22.5. The van der Waals surface area contributed by atoms with Crippen molar-refractivity contribution in [2.75, 3.05) is 44.0 Å². The number of sulfone groups is 1. The van der Waals surface area contributed by atoms with Crippen molar-refractivity contribution in [3.05, 3.63) is 35.4 Å². The Labute approximate surface area is 214 Å². The van der Waals surface area contributed by atoms with Crippen molar-refractivity contribution in [3.63, 3.8) is 0 Å². The van der Waals surface area contributed by atoms with Crippen LogP contribution in [0.15, 0.2) is 29.3 Å². The lowest BCUT2D eigenvalue weighted by molar-refractivity contribution is -0.110. The quantitative estimate of drug-likeness (QED) is 0.607. The van der Waals surface area contributed by atoms with E-state index in [4.69, 9.17) is 5.26 Å². The van der Waals surface area contributed by atoms with Gasteiger partial charge in [0.15, 0.2) is 5.84 Å². The number of hydrogen-bond donors (Lipinski definition) is 2. The molecule has 1 fully saturated rings. The van der Waals surface area contributed by atoms with Gasteiger partial charge in [-0.25, -0.2) is 8.42 Å². The molecule has 2 aliphatic heterocycles. The fourth-order valence-electron chi connectivity index (χ4n) is 5.47. The van der Waals surface area contributed by atoms with Crippen LogP contribution in [-0.2, 0) is 20.0 Å². The van der Waals surface area contributed by atoms with E-state index >= 15 is 0 Å². The summed E-state index contributed by atoms with van der Waals surface area (Å²) in [5, 5.41) is 15.0.